The second-order valence-electron chi connectivity index (χ2n) is 4.99. The minimum Gasteiger partial charge on any atom is -0.491 e. The molecule has 0 radical (unpaired) electrons. The molecular weight excluding hydrogens is 266 g/mol. The van der Waals surface area contributed by atoms with Gasteiger partial charge in [-0.2, -0.15) is 0 Å². The lowest BCUT2D eigenvalue weighted by molar-refractivity contribution is 0.240. The van der Waals surface area contributed by atoms with E-state index in [0.717, 1.165) is 11.3 Å². The fraction of sp³-hybridized carbons (Fsp3) is 0.375. The molecule has 5 nitrogen and oxygen atoms in total. The highest BCUT2D eigenvalue weighted by atomic mass is 16.5. The van der Waals surface area contributed by atoms with Crippen molar-refractivity contribution in [2.45, 2.75) is 40.0 Å². The second kappa shape index (κ2) is 6.92. The molecule has 2 aromatic rings. The molecule has 1 aromatic carbocycles. The summed E-state index contributed by atoms with van der Waals surface area (Å²) >= 11 is 0. The lowest BCUT2D eigenvalue weighted by Crippen LogP contribution is -2.23. The van der Waals surface area contributed by atoms with Gasteiger partial charge in [-0.15, -0.1) is 0 Å². The Bertz CT molecular complexity index is 650. The third kappa shape index (κ3) is 3.84. The van der Waals surface area contributed by atoms with Crippen LogP contribution in [0.4, 0.5) is 5.82 Å². The zero-order valence-electron chi connectivity index (χ0n) is 12.7. The maximum Gasteiger partial charge on any atom is 0.293 e. The van der Waals surface area contributed by atoms with E-state index in [9.17, 15) is 4.79 Å². The number of para-hydroxylation sites is 1. The van der Waals surface area contributed by atoms with Crippen molar-refractivity contribution in [3.63, 3.8) is 0 Å². The number of aryl methyl sites for hydroxylation is 1. The van der Waals surface area contributed by atoms with Gasteiger partial charge in [-0.1, -0.05) is 18.2 Å². The van der Waals surface area contributed by atoms with Gasteiger partial charge in [0.25, 0.3) is 5.56 Å². The topological polar surface area (TPSA) is 56.1 Å². The lowest BCUT2D eigenvalue weighted by atomic mass is 10.2. The molecule has 112 valence electrons. The van der Waals surface area contributed by atoms with Crippen molar-refractivity contribution in [2.24, 2.45) is 0 Å². The molecule has 5 heteroatoms. The molecule has 0 atom stereocenters. The minimum absolute atomic E-state index is 0.109. The molecule has 0 fully saturated rings. The number of aromatic nitrogens is 2. The number of nitrogens with zero attached hydrogens (tertiary/aromatic N) is 2. The Morgan fingerprint density at radius 2 is 2.10 bits per heavy atom. The standard InChI is InChI=1S/C16H21N3O2/c1-4-19-10-9-17-15(16(19)20)18-11-13-7-5-6-8-14(13)21-12(2)3/h5-10,12H,4,11H2,1-3H3,(H,17,18). The van der Waals surface area contributed by atoms with E-state index in [1.165, 1.54) is 0 Å². The van der Waals surface area contributed by atoms with Gasteiger partial charge in [-0.25, -0.2) is 4.98 Å². The van der Waals surface area contributed by atoms with E-state index >= 15 is 0 Å². The van der Waals surface area contributed by atoms with E-state index in [-0.39, 0.29) is 11.7 Å². The Labute approximate surface area is 124 Å². The van der Waals surface area contributed by atoms with Crippen LogP contribution in [0.15, 0.2) is 41.5 Å². The number of ether oxygens (including phenoxy) is 1. The van der Waals surface area contributed by atoms with E-state index in [1.807, 2.05) is 45.0 Å². The Morgan fingerprint density at radius 1 is 1.33 bits per heavy atom. The SMILES string of the molecule is CCn1ccnc(NCc2ccccc2OC(C)C)c1=O. The van der Waals surface area contributed by atoms with E-state index < -0.39 is 0 Å². The molecule has 2 rings (SSSR count). The van der Waals surface area contributed by atoms with Crippen molar-refractivity contribution >= 4 is 5.82 Å². The summed E-state index contributed by atoms with van der Waals surface area (Å²) in [5, 5.41) is 3.09. The van der Waals surface area contributed by atoms with Crippen LogP contribution in [0.2, 0.25) is 0 Å². The van der Waals surface area contributed by atoms with Crippen LogP contribution in [0, 0.1) is 0 Å². The van der Waals surface area contributed by atoms with Crippen molar-refractivity contribution < 1.29 is 4.74 Å². The average molecular weight is 287 g/mol. The highest BCUT2D eigenvalue weighted by molar-refractivity contribution is 5.38. The highest BCUT2D eigenvalue weighted by Gasteiger charge is 2.07. The normalized spacial score (nSPS) is 10.7. The fourth-order valence-electron chi connectivity index (χ4n) is 2.02. The third-order valence-electron chi connectivity index (χ3n) is 3.04. The Kier molecular flexibility index (Phi) is 4.98. The molecule has 0 saturated heterocycles. The van der Waals surface area contributed by atoms with Crippen molar-refractivity contribution in [1.82, 2.24) is 9.55 Å². The average Bonchev–Trinajstić information content (AvgIpc) is 2.47. The van der Waals surface area contributed by atoms with E-state index in [2.05, 4.69) is 10.3 Å². The Hall–Kier alpha value is -2.30. The van der Waals surface area contributed by atoms with Crippen molar-refractivity contribution in [3.05, 3.63) is 52.6 Å². The summed E-state index contributed by atoms with van der Waals surface area (Å²) in [5.74, 6) is 1.19. The molecular formula is C16H21N3O2. The summed E-state index contributed by atoms with van der Waals surface area (Å²) < 4.78 is 7.38. The first-order chi connectivity index (χ1) is 10.1. The zero-order valence-corrected chi connectivity index (χ0v) is 12.7. The first-order valence-corrected chi connectivity index (χ1v) is 7.15. The number of hydrogen-bond donors (Lipinski definition) is 1. The number of anilines is 1. The van der Waals surface area contributed by atoms with Crippen LogP contribution in [0.5, 0.6) is 5.75 Å². The summed E-state index contributed by atoms with van der Waals surface area (Å²) in [6.07, 6.45) is 3.42. The number of nitrogens with one attached hydrogen (secondary N) is 1. The van der Waals surface area contributed by atoms with Crippen LogP contribution in [0.3, 0.4) is 0 Å². The lowest BCUT2D eigenvalue weighted by Gasteiger charge is -2.14. The Morgan fingerprint density at radius 3 is 2.81 bits per heavy atom. The quantitative estimate of drug-likeness (QED) is 0.887. The second-order valence-corrected chi connectivity index (χ2v) is 4.99. The Balaban J connectivity index is 2.15. The number of benzene rings is 1. The predicted molar refractivity (Wildman–Crippen MR) is 83.7 cm³/mol. The van der Waals surface area contributed by atoms with Gasteiger partial charge in [-0.05, 0) is 26.8 Å². The third-order valence-corrected chi connectivity index (χ3v) is 3.04. The van der Waals surface area contributed by atoms with Crippen molar-refractivity contribution in [2.75, 3.05) is 5.32 Å². The summed E-state index contributed by atoms with van der Waals surface area (Å²) in [4.78, 5) is 16.2. The molecule has 0 amide bonds. The molecule has 21 heavy (non-hydrogen) atoms. The molecule has 0 aliphatic rings. The minimum atomic E-state index is -0.109. The molecule has 0 spiro atoms. The van der Waals surface area contributed by atoms with Crippen molar-refractivity contribution in [3.8, 4) is 5.75 Å². The van der Waals surface area contributed by atoms with E-state index in [0.29, 0.717) is 18.9 Å². The summed E-state index contributed by atoms with van der Waals surface area (Å²) in [5.41, 5.74) is 0.890. The van der Waals surface area contributed by atoms with Crippen LogP contribution in [-0.4, -0.2) is 15.7 Å². The maximum atomic E-state index is 12.1. The van der Waals surface area contributed by atoms with Crippen LogP contribution in [-0.2, 0) is 13.1 Å². The summed E-state index contributed by atoms with van der Waals surface area (Å²) in [7, 11) is 0. The van der Waals surface area contributed by atoms with Crippen LogP contribution in [0.25, 0.3) is 0 Å². The molecule has 0 unspecified atom stereocenters. The molecule has 0 saturated carbocycles. The number of rotatable bonds is 6. The fourth-order valence-corrected chi connectivity index (χ4v) is 2.02. The van der Waals surface area contributed by atoms with Crippen LogP contribution < -0.4 is 15.6 Å². The van der Waals surface area contributed by atoms with Crippen molar-refractivity contribution in [1.29, 1.82) is 0 Å². The van der Waals surface area contributed by atoms with Gasteiger partial charge in [0.1, 0.15) is 5.75 Å². The van der Waals surface area contributed by atoms with Gasteiger partial charge in [0.05, 0.1) is 6.10 Å². The molecule has 0 aliphatic heterocycles. The van der Waals surface area contributed by atoms with Gasteiger partial charge in [0, 0.05) is 31.0 Å². The van der Waals surface area contributed by atoms with E-state index in [1.54, 1.807) is 17.0 Å². The van der Waals surface area contributed by atoms with Gasteiger partial charge < -0.3 is 14.6 Å². The monoisotopic (exact) mass is 287 g/mol. The van der Waals surface area contributed by atoms with Gasteiger partial charge >= 0.3 is 0 Å². The summed E-state index contributed by atoms with van der Waals surface area (Å²) in [6, 6.07) is 7.80. The first kappa shape index (κ1) is 15.1. The van der Waals surface area contributed by atoms with Gasteiger partial charge in [0.15, 0.2) is 5.82 Å². The van der Waals surface area contributed by atoms with Gasteiger partial charge in [-0.3, -0.25) is 4.79 Å². The zero-order chi connectivity index (χ0) is 15.2. The first-order valence-electron chi connectivity index (χ1n) is 7.15. The number of hydrogen-bond acceptors (Lipinski definition) is 4. The molecule has 0 bridgehead atoms. The van der Waals surface area contributed by atoms with E-state index in [4.69, 9.17) is 4.74 Å². The predicted octanol–water partition coefficient (Wildman–Crippen LogP) is 2.66. The van der Waals surface area contributed by atoms with Crippen LogP contribution >= 0.6 is 0 Å². The summed E-state index contributed by atoms with van der Waals surface area (Å²) in [6.45, 7) is 7.03. The maximum absolute atomic E-state index is 12.1. The molecule has 1 N–H and O–H groups in total. The van der Waals surface area contributed by atoms with Gasteiger partial charge in [0.2, 0.25) is 0 Å². The van der Waals surface area contributed by atoms with Crippen LogP contribution in [0.1, 0.15) is 26.3 Å². The molecule has 0 aliphatic carbocycles. The smallest absolute Gasteiger partial charge is 0.293 e. The largest absolute Gasteiger partial charge is 0.491 e. The molecule has 1 aromatic heterocycles. The highest BCUT2D eigenvalue weighted by Crippen LogP contribution is 2.19. The molecule has 1 heterocycles.